The summed E-state index contributed by atoms with van der Waals surface area (Å²) >= 11 is 0. The summed E-state index contributed by atoms with van der Waals surface area (Å²) in [6.45, 7) is 7.46. The Kier molecular flexibility index (Phi) is 4.52. The van der Waals surface area contributed by atoms with Gasteiger partial charge in [-0.2, -0.15) is 0 Å². The van der Waals surface area contributed by atoms with Gasteiger partial charge in [-0.15, -0.1) is 12.3 Å². The average Bonchev–Trinajstić information content (AvgIpc) is 3.46. The van der Waals surface area contributed by atoms with E-state index >= 15 is 0 Å². The first-order valence-corrected chi connectivity index (χ1v) is 12.5. The Hall–Kier alpha value is -0.640. The van der Waals surface area contributed by atoms with Crippen molar-refractivity contribution in [3.63, 3.8) is 0 Å². The van der Waals surface area contributed by atoms with Crippen LogP contribution in [0.15, 0.2) is 0 Å². The smallest absolute Gasteiger partial charge is 0.174 e. The minimum atomic E-state index is -0.840. The molecule has 5 heteroatoms. The summed E-state index contributed by atoms with van der Waals surface area (Å²) in [7, 11) is 0. The molecular weight excluding hydrogens is 392 g/mol. The first-order valence-electron chi connectivity index (χ1n) is 12.5. The van der Waals surface area contributed by atoms with Crippen molar-refractivity contribution < 1.29 is 24.1 Å². The summed E-state index contributed by atoms with van der Waals surface area (Å²) in [5, 5.41) is 12.4. The van der Waals surface area contributed by atoms with Crippen LogP contribution in [0.2, 0.25) is 0 Å². The quantitative estimate of drug-likeness (QED) is 0.640. The zero-order chi connectivity index (χ0) is 21.5. The number of terminal acetylenes is 1. The molecule has 172 valence electrons. The summed E-state index contributed by atoms with van der Waals surface area (Å²) in [5.41, 5.74) is -0.940. The SMILES string of the molecule is C#CC[C@@H]1C[C@H]2[C@@H]3CCC4(OCCO4)[C@@]3(C)CC[C@@H]2[C@@]2(C)CCC3(C[C@]12O)OCCO3. The van der Waals surface area contributed by atoms with Crippen LogP contribution in [-0.4, -0.2) is 48.7 Å². The summed E-state index contributed by atoms with van der Waals surface area (Å²) < 4.78 is 24.8. The topological polar surface area (TPSA) is 57.2 Å². The van der Waals surface area contributed by atoms with E-state index in [-0.39, 0.29) is 22.5 Å². The lowest BCUT2D eigenvalue weighted by molar-refractivity contribution is -0.309. The molecule has 4 aliphatic carbocycles. The zero-order valence-electron chi connectivity index (χ0n) is 19.2. The van der Waals surface area contributed by atoms with Gasteiger partial charge in [-0.25, -0.2) is 0 Å². The van der Waals surface area contributed by atoms with Crippen LogP contribution < -0.4 is 0 Å². The first-order chi connectivity index (χ1) is 14.8. The second-order valence-corrected chi connectivity index (χ2v) is 11.8. The molecule has 7 atom stereocenters. The highest BCUT2D eigenvalue weighted by molar-refractivity contribution is 5.20. The fraction of sp³-hybridized carbons (Fsp3) is 0.923. The predicted octanol–water partition coefficient (Wildman–Crippen LogP) is 3.88. The second-order valence-electron chi connectivity index (χ2n) is 11.8. The first kappa shape index (κ1) is 20.9. The normalized spacial score (nSPS) is 51.9. The average molecular weight is 431 g/mol. The zero-order valence-corrected chi connectivity index (χ0v) is 19.2. The maximum Gasteiger partial charge on any atom is 0.174 e. The number of fused-ring (bicyclic) bond motifs is 6. The van der Waals surface area contributed by atoms with Gasteiger partial charge in [0.2, 0.25) is 0 Å². The Labute approximate surface area is 186 Å². The van der Waals surface area contributed by atoms with Gasteiger partial charge in [0.05, 0.1) is 32.0 Å². The number of hydrogen-bond acceptors (Lipinski definition) is 5. The molecular formula is C26H38O5. The highest BCUT2D eigenvalue weighted by atomic mass is 16.7. The maximum atomic E-state index is 12.4. The van der Waals surface area contributed by atoms with Gasteiger partial charge in [0.15, 0.2) is 11.6 Å². The van der Waals surface area contributed by atoms with Crippen LogP contribution in [0.25, 0.3) is 0 Å². The van der Waals surface area contributed by atoms with Crippen LogP contribution in [0.3, 0.4) is 0 Å². The summed E-state index contributed by atoms with van der Waals surface area (Å²) in [4.78, 5) is 0. The largest absolute Gasteiger partial charge is 0.389 e. The molecule has 0 radical (unpaired) electrons. The van der Waals surface area contributed by atoms with E-state index in [1.807, 2.05) is 0 Å². The van der Waals surface area contributed by atoms with Gasteiger partial charge in [0.25, 0.3) is 0 Å². The highest BCUT2D eigenvalue weighted by Crippen LogP contribution is 2.72. The number of ether oxygens (including phenoxy) is 4. The van der Waals surface area contributed by atoms with E-state index in [4.69, 9.17) is 25.4 Å². The van der Waals surface area contributed by atoms with Gasteiger partial charge in [-0.3, -0.25) is 0 Å². The van der Waals surface area contributed by atoms with Crippen LogP contribution in [0, 0.1) is 46.8 Å². The van der Waals surface area contributed by atoms with Crippen molar-refractivity contribution in [1.29, 1.82) is 0 Å². The van der Waals surface area contributed by atoms with Gasteiger partial charge >= 0.3 is 0 Å². The van der Waals surface area contributed by atoms with Gasteiger partial charge in [-0.05, 0) is 55.8 Å². The Morgan fingerprint density at radius 3 is 2.23 bits per heavy atom. The van der Waals surface area contributed by atoms with Crippen LogP contribution in [0.4, 0.5) is 0 Å². The third kappa shape index (κ3) is 2.52. The fourth-order valence-electron chi connectivity index (χ4n) is 9.44. The Balaban J connectivity index is 1.37. The lowest BCUT2D eigenvalue weighted by atomic mass is 9.40. The number of hydrogen-bond donors (Lipinski definition) is 1. The number of aliphatic hydroxyl groups is 1. The molecule has 4 saturated carbocycles. The molecule has 0 amide bonds. The molecule has 0 aromatic carbocycles. The van der Waals surface area contributed by atoms with Crippen molar-refractivity contribution in [2.45, 2.75) is 88.8 Å². The molecule has 6 rings (SSSR count). The molecule has 2 aliphatic heterocycles. The van der Waals surface area contributed by atoms with E-state index in [1.165, 1.54) is 0 Å². The lowest BCUT2D eigenvalue weighted by Crippen LogP contribution is -2.69. The van der Waals surface area contributed by atoms with Crippen molar-refractivity contribution in [2.75, 3.05) is 26.4 Å². The van der Waals surface area contributed by atoms with E-state index in [9.17, 15) is 5.11 Å². The Bertz CT molecular complexity index is 777. The lowest BCUT2D eigenvalue weighted by Gasteiger charge is -2.67. The van der Waals surface area contributed by atoms with Crippen molar-refractivity contribution in [1.82, 2.24) is 0 Å². The van der Waals surface area contributed by atoms with Gasteiger partial charge in [-0.1, -0.05) is 13.8 Å². The Morgan fingerprint density at radius 2 is 1.52 bits per heavy atom. The summed E-state index contributed by atoms with van der Waals surface area (Å²) in [5.74, 6) is 3.63. The molecule has 0 unspecified atom stereocenters. The summed E-state index contributed by atoms with van der Waals surface area (Å²) in [6.07, 6.45) is 14.2. The van der Waals surface area contributed by atoms with Gasteiger partial charge in [0.1, 0.15) is 0 Å². The van der Waals surface area contributed by atoms with E-state index in [0.29, 0.717) is 43.8 Å². The third-order valence-corrected chi connectivity index (χ3v) is 11.0. The molecule has 0 aromatic rings. The van der Waals surface area contributed by atoms with Gasteiger partial charge < -0.3 is 24.1 Å². The second kappa shape index (κ2) is 6.70. The van der Waals surface area contributed by atoms with Crippen molar-refractivity contribution in [2.24, 2.45) is 34.5 Å². The molecule has 0 bridgehead atoms. The van der Waals surface area contributed by atoms with E-state index < -0.39 is 11.4 Å². The predicted molar refractivity (Wildman–Crippen MR) is 115 cm³/mol. The van der Waals surface area contributed by atoms with Crippen LogP contribution >= 0.6 is 0 Å². The number of rotatable bonds is 1. The molecule has 6 fully saturated rings. The summed E-state index contributed by atoms with van der Waals surface area (Å²) in [6, 6.07) is 0. The monoisotopic (exact) mass is 430 g/mol. The van der Waals surface area contributed by atoms with Gasteiger partial charge in [0, 0.05) is 36.5 Å². The molecule has 31 heavy (non-hydrogen) atoms. The van der Waals surface area contributed by atoms with E-state index in [0.717, 1.165) is 58.2 Å². The van der Waals surface area contributed by atoms with Crippen molar-refractivity contribution >= 4 is 0 Å². The van der Waals surface area contributed by atoms with Crippen LogP contribution in [-0.2, 0) is 18.9 Å². The van der Waals surface area contributed by atoms with E-state index in [1.54, 1.807) is 0 Å². The fourth-order valence-corrected chi connectivity index (χ4v) is 9.44. The van der Waals surface area contributed by atoms with E-state index in [2.05, 4.69) is 19.8 Å². The molecule has 5 nitrogen and oxygen atoms in total. The molecule has 2 saturated heterocycles. The van der Waals surface area contributed by atoms with Crippen molar-refractivity contribution in [3.8, 4) is 12.3 Å². The molecule has 1 N–H and O–H groups in total. The molecule has 0 aromatic heterocycles. The minimum absolute atomic E-state index is 0.0603. The highest BCUT2D eigenvalue weighted by Gasteiger charge is 2.72. The Morgan fingerprint density at radius 1 is 0.871 bits per heavy atom. The van der Waals surface area contributed by atoms with Crippen LogP contribution in [0.5, 0.6) is 0 Å². The molecule has 6 aliphatic rings. The minimum Gasteiger partial charge on any atom is -0.389 e. The van der Waals surface area contributed by atoms with Crippen molar-refractivity contribution in [3.05, 3.63) is 0 Å². The maximum absolute atomic E-state index is 12.4. The standard InChI is InChI=1S/C26H38O5/c1-4-5-18-16-19-20(6-8-23(3)21(19)7-9-26(23)30-14-15-31-26)22(2)10-11-24(17-25(18,22)27)28-12-13-29-24/h1,18-21,27H,5-17H2,2-3H3/t18-,19-,20+,21+,22-,23+,25+/m1/s1. The molecule has 2 heterocycles. The van der Waals surface area contributed by atoms with Crippen LogP contribution in [0.1, 0.15) is 71.6 Å². The molecule has 2 spiro atoms. The third-order valence-electron chi connectivity index (χ3n) is 11.0.